The maximum atomic E-state index is 13.7. The minimum absolute atomic E-state index is 0.00603. The summed E-state index contributed by atoms with van der Waals surface area (Å²) in [5.41, 5.74) is -3.96. The van der Waals surface area contributed by atoms with E-state index in [2.05, 4.69) is 6.92 Å². The first-order valence-corrected chi connectivity index (χ1v) is 14.4. The molecule has 1 spiro atoms. The number of epoxide rings is 1. The zero-order valence-electron chi connectivity index (χ0n) is 23.3. The first-order chi connectivity index (χ1) is 17.7. The van der Waals surface area contributed by atoms with Gasteiger partial charge in [0.2, 0.25) is 0 Å². The van der Waals surface area contributed by atoms with Gasteiger partial charge in [-0.2, -0.15) is 0 Å². The molecule has 2 heterocycles. The van der Waals surface area contributed by atoms with Gasteiger partial charge in [0.1, 0.15) is 29.7 Å². The van der Waals surface area contributed by atoms with Crippen molar-refractivity contribution in [3.05, 3.63) is 0 Å². The van der Waals surface area contributed by atoms with Gasteiger partial charge in [-0.05, 0) is 62.7 Å². The number of methoxy groups -OCH3 is 1. The number of hydrogen-bond donors (Lipinski definition) is 4. The number of ether oxygens (including phenoxy) is 3. The second kappa shape index (κ2) is 8.23. The van der Waals surface area contributed by atoms with Crippen LogP contribution in [0.5, 0.6) is 0 Å². The van der Waals surface area contributed by atoms with Crippen molar-refractivity contribution >= 4 is 11.8 Å². The van der Waals surface area contributed by atoms with Crippen molar-refractivity contribution in [3.8, 4) is 0 Å². The van der Waals surface area contributed by atoms with Crippen LogP contribution >= 0.6 is 0 Å². The predicted octanol–water partition coefficient (Wildman–Crippen LogP) is 1.22. The van der Waals surface area contributed by atoms with Crippen molar-refractivity contribution < 1.29 is 44.2 Å². The molecule has 2 aliphatic heterocycles. The van der Waals surface area contributed by atoms with E-state index in [-0.39, 0.29) is 53.9 Å². The molecule has 6 aliphatic rings. The van der Waals surface area contributed by atoms with Crippen molar-refractivity contribution in [1.29, 1.82) is 0 Å². The van der Waals surface area contributed by atoms with Crippen LogP contribution in [0.4, 0.5) is 0 Å². The number of hydrogen-bond acceptors (Lipinski definition) is 9. The van der Waals surface area contributed by atoms with E-state index in [0.717, 1.165) is 0 Å². The summed E-state index contributed by atoms with van der Waals surface area (Å²) in [7, 11) is 1.52. The number of aliphatic hydroxyl groups excluding tert-OH is 3. The first-order valence-electron chi connectivity index (χ1n) is 14.4. The fraction of sp³-hybridized carbons (Fsp3) is 0.931. The van der Waals surface area contributed by atoms with E-state index in [1.165, 1.54) is 7.11 Å². The number of fused-ring (bicyclic) bond motifs is 4. The van der Waals surface area contributed by atoms with Crippen LogP contribution in [-0.2, 0) is 23.8 Å². The lowest BCUT2D eigenvalue weighted by atomic mass is 9.43. The zero-order valence-corrected chi connectivity index (χ0v) is 23.3. The summed E-state index contributed by atoms with van der Waals surface area (Å²) in [5.74, 6) is -1.52. The van der Waals surface area contributed by atoms with Gasteiger partial charge in [0.15, 0.2) is 0 Å². The highest BCUT2D eigenvalue weighted by Crippen LogP contribution is 2.74. The lowest BCUT2D eigenvalue weighted by molar-refractivity contribution is -0.204. The monoisotopic (exact) mass is 536 g/mol. The Labute approximate surface area is 224 Å². The Morgan fingerprint density at radius 1 is 1.13 bits per heavy atom. The van der Waals surface area contributed by atoms with Crippen molar-refractivity contribution in [1.82, 2.24) is 0 Å². The summed E-state index contributed by atoms with van der Waals surface area (Å²) in [6.45, 7) is 9.23. The second-order valence-corrected chi connectivity index (χ2v) is 14.1. The largest absolute Gasteiger partial charge is 0.459 e. The van der Waals surface area contributed by atoms with Crippen LogP contribution in [0.2, 0.25) is 0 Å². The maximum Gasteiger partial charge on any atom is 0.309 e. The van der Waals surface area contributed by atoms with Crippen LogP contribution in [0.3, 0.4) is 0 Å². The van der Waals surface area contributed by atoms with E-state index in [1.807, 2.05) is 13.8 Å². The molecular weight excluding hydrogens is 492 g/mol. The molecule has 0 radical (unpaired) electrons. The Hall–Kier alpha value is -1.10. The van der Waals surface area contributed by atoms with Gasteiger partial charge in [0.05, 0.1) is 35.2 Å². The molecule has 0 aromatic heterocycles. The molecular formula is C29H44O9. The Bertz CT molecular complexity index is 1030. The third-order valence-electron chi connectivity index (χ3n) is 12.8. The Balaban J connectivity index is 1.31. The van der Waals surface area contributed by atoms with Gasteiger partial charge in [-0.15, -0.1) is 0 Å². The van der Waals surface area contributed by atoms with E-state index in [9.17, 15) is 30.0 Å². The smallest absolute Gasteiger partial charge is 0.309 e. The van der Waals surface area contributed by atoms with E-state index in [4.69, 9.17) is 14.2 Å². The average molecular weight is 537 g/mol. The molecule has 214 valence electrons. The number of esters is 1. The summed E-state index contributed by atoms with van der Waals surface area (Å²) >= 11 is 0. The van der Waals surface area contributed by atoms with Crippen LogP contribution in [0.15, 0.2) is 0 Å². The normalized spacial score (nSPS) is 57.7. The molecule has 38 heavy (non-hydrogen) atoms. The van der Waals surface area contributed by atoms with Gasteiger partial charge in [0.25, 0.3) is 0 Å². The molecule has 0 aromatic rings. The molecule has 9 heteroatoms. The third kappa shape index (κ3) is 3.04. The molecule has 0 amide bonds. The molecule has 6 fully saturated rings. The van der Waals surface area contributed by atoms with E-state index >= 15 is 0 Å². The summed E-state index contributed by atoms with van der Waals surface area (Å²) in [6, 6.07) is 0. The van der Waals surface area contributed by atoms with Gasteiger partial charge in [0, 0.05) is 25.4 Å². The highest BCUT2D eigenvalue weighted by atomic mass is 16.6. The number of cyclic esters (lactones) is 1. The highest BCUT2D eigenvalue weighted by molar-refractivity contribution is 5.89. The molecule has 9 nitrogen and oxygen atoms in total. The molecule has 2 saturated heterocycles. The van der Waals surface area contributed by atoms with Crippen molar-refractivity contribution in [3.63, 3.8) is 0 Å². The van der Waals surface area contributed by atoms with E-state index < -0.39 is 58.5 Å². The Morgan fingerprint density at radius 2 is 1.82 bits per heavy atom. The molecule has 0 aromatic carbocycles. The fourth-order valence-corrected chi connectivity index (χ4v) is 10.5. The van der Waals surface area contributed by atoms with E-state index in [0.29, 0.717) is 25.7 Å². The van der Waals surface area contributed by atoms with Crippen LogP contribution in [0, 0.1) is 46.3 Å². The Morgan fingerprint density at radius 3 is 2.42 bits per heavy atom. The van der Waals surface area contributed by atoms with Crippen molar-refractivity contribution in [2.24, 2.45) is 46.3 Å². The standard InChI is InChI=1S/C29H44O9/c1-12-13(2)25(34)37-21(12)24(33)28(5,35)22-17(30)10-16-14-9-20-29(38-20)23(32)18(36-6)11-19(31)27(29,4)15(14)7-8-26(16,22)3/h12-18,20-24,30,32-33,35H,7-11H2,1-6H3/t12-,13-,14-,15+,16+,17+,18+,20-,21?,22?,23+,24-,26+,27+,28-,29+/m1/s1. The molecule has 16 atom stereocenters. The molecule has 4 N–H and O–H groups in total. The minimum Gasteiger partial charge on any atom is -0.459 e. The number of rotatable bonds is 4. The van der Waals surface area contributed by atoms with Crippen LogP contribution < -0.4 is 0 Å². The van der Waals surface area contributed by atoms with E-state index in [1.54, 1.807) is 13.8 Å². The van der Waals surface area contributed by atoms with Gasteiger partial charge in [-0.1, -0.05) is 20.8 Å². The summed E-state index contributed by atoms with van der Waals surface area (Å²) in [4.78, 5) is 25.9. The lowest BCUT2D eigenvalue weighted by Gasteiger charge is -2.60. The Kier molecular flexibility index (Phi) is 5.87. The number of carbonyl (C=O) groups is 2. The third-order valence-corrected chi connectivity index (χ3v) is 12.8. The number of ketones is 1. The number of carbonyl (C=O) groups excluding carboxylic acids is 2. The zero-order chi connectivity index (χ0) is 27.7. The fourth-order valence-electron chi connectivity index (χ4n) is 10.5. The summed E-state index contributed by atoms with van der Waals surface area (Å²) in [5, 5.41) is 46.0. The quantitative estimate of drug-likeness (QED) is 0.308. The summed E-state index contributed by atoms with van der Waals surface area (Å²) < 4.78 is 17.2. The summed E-state index contributed by atoms with van der Waals surface area (Å²) in [6.07, 6.45) is -2.10. The molecule has 4 aliphatic carbocycles. The predicted molar refractivity (Wildman–Crippen MR) is 134 cm³/mol. The van der Waals surface area contributed by atoms with Gasteiger partial charge in [-0.25, -0.2) is 0 Å². The van der Waals surface area contributed by atoms with Gasteiger partial charge in [-0.3, -0.25) is 9.59 Å². The first kappa shape index (κ1) is 27.1. The van der Waals surface area contributed by atoms with Crippen molar-refractivity contribution in [2.45, 2.75) is 115 Å². The molecule has 2 unspecified atom stereocenters. The average Bonchev–Trinajstić information content (AvgIpc) is 3.45. The molecule has 0 bridgehead atoms. The van der Waals surface area contributed by atoms with Crippen LogP contribution in [0.1, 0.15) is 66.7 Å². The number of Topliss-reactive ketones (excluding diaryl/α,β-unsaturated/α-hetero) is 1. The van der Waals surface area contributed by atoms with Crippen molar-refractivity contribution in [2.75, 3.05) is 7.11 Å². The minimum atomic E-state index is -1.69. The van der Waals surface area contributed by atoms with Gasteiger partial charge < -0.3 is 34.6 Å². The van der Waals surface area contributed by atoms with Gasteiger partial charge >= 0.3 is 5.97 Å². The number of aliphatic hydroxyl groups is 4. The topological polar surface area (TPSA) is 146 Å². The lowest BCUT2D eigenvalue weighted by Crippen LogP contribution is -2.68. The molecule has 6 rings (SSSR count). The van der Waals surface area contributed by atoms with Crippen LogP contribution in [-0.4, -0.2) is 87.1 Å². The van der Waals surface area contributed by atoms with Crippen LogP contribution in [0.25, 0.3) is 0 Å². The maximum absolute atomic E-state index is 13.7. The SMILES string of the molecule is CO[C@H]1CC(=O)[C@]2(C)[C@H]3CC[C@]4(C)C([C@@](C)(O)[C@H](O)C5OC(=O)[C@H](C)[C@H]5C)[C@@H](O)C[C@H]4[C@@H]3C[C@H]3O[C@]32[C@H]1O. The molecule has 4 saturated carbocycles. The second-order valence-electron chi connectivity index (χ2n) is 14.1. The highest BCUT2D eigenvalue weighted by Gasteiger charge is 2.82.